The van der Waals surface area contributed by atoms with Gasteiger partial charge in [0.25, 0.3) is 0 Å². The summed E-state index contributed by atoms with van der Waals surface area (Å²) in [4.78, 5) is 55.9. The van der Waals surface area contributed by atoms with Crippen LogP contribution in [0.4, 0.5) is 0 Å². The van der Waals surface area contributed by atoms with E-state index < -0.39 is 94.2 Å². The second-order valence-electron chi connectivity index (χ2n) is 15.5. The first-order chi connectivity index (χ1) is 24.4. The van der Waals surface area contributed by atoms with E-state index in [4.69, 9.17) is 37.9 Å². The minimum Gasteiger partial charge on any atom is -0.462 e. The van der Waals surface area contributed by atoms with Gasteiger partial charge in [-0.3, -0.25) is 19.3 Å². The van der Waals surface area contributed by atoms with Crippen molar-refractivity contribution in [3.63, 3.8) is 0 Å². The number of hydrogen-bond acceptors (Lipinski definition) is 13. The number of carbonyl (C=O) groups is 4. The summed E-state index contributed by atoms with van der Waals surface area (Å²) < 4.78 is 51.4. The molecule has 51 heavy (non-hydrogen) atoms. The molecule has 5 saturated carbocycles. The van der Waals surface area contributed by atoms with Crippen LogP contribution in [-0.2, 0) is 52.3 Å². The van der Waals surface area contributed by atoms with Crippen LogP contribution in [0.2, 0.25) is 0 Å². The van der Waals surface area contributed by atoms with Gasteiger partial charge in [-0.05, 0) is 31.0 Å². The minimum atomic E-state index is -1.41. The average molecular weight is 714 g/mol. The first-order valence-corrected chi connectivity index (χ1v) is 18.0. The topological polar surface area (TPSA) is 145 Å². The third-order valence-electron chi connectivity index (χ3n) is 13.7. The summed E-state index contributed by atoms with van der Waals surface area (Å²) in [6, 6.07) is 8.43. The molecule has 0 aromatic heterocycles. The number of ether oxygens (including phenoxy) is 8. The number of rotatable bonds is 11. The Labute approximate surface area is 298 Å². The molecule has 1 heterocycles. The Hall–Kier alpha value is -3.10. The molecule has 280 valence electrons. The fourth-order valence-corrected chi connectivity index (χ4v) is 13.0. The lowest BCUT2D eigenvalue weighted by molar-refractivity contribution is -0.302. The zero-order valence-electron chi connectivity index (χ0n) is 30.7. The molecule has 13 nitrogen and oxygen atoms in total. The van der Waals surface area contributed by atoms with E-state index in [-0.39, 0.29) is 31.4 Å². The smallest absolute Gasteiger partial charge is 0.338 e. The van der Waals surface area contributed by atoms with Gasteiger partial charge in [-0.1, -0.05) is 25.1 Å². The normalized spacial score (nSPS) is 44.4. The van der Waals surface area contributed by atoms with Crippen LogP contribution in [-0.4, -0.2) is 125 Å². The molecule has 6 aliphatic rings. The van der Waals surface area contributed by atoms with Gasteiger partial charge >= 0.3 is 23.9 Å². The molecule has 7 bridgehead atoms. The number of hydrogen-bond donors (Lipinski definition) is 0. The Morgan fingerprint density at radius 3 is 2.02 bits per heavy atom. The highest BCUT2D eigenvalue weighted by Crippen LogP contribution is 2.81. The lowest BCUT2D eigenvalue weighted by Crippen LogP contribution is -2.79. The molecule has 14 atom stereocenters. The Morgan fingerprint density at radius 1 is 0.784 bits per heavy atom. The van der Waals surface area contributed by atoms with Crippen LogP contribution in [0.25, 0.3) is 0 Å². The Bertz CT molecular complexity index is 1560. The van der Waals surface area contributed by atoms with E-state index >= 15 is 0 Å². The minimum absolute atomic E-state index is 0.181. The predicted octanol–water partition coefficient (Wildman–Crippen LogP) is 2.82. The van der Waals surface area contributed by atoms with E-state index in [0.29, 0.717) is 25.1 Å². The molecule has 0 radical (unpaired) electrons. The summed E-state index contributed by atoms with van der Waals surface area (Å²) in [6.45, 7) is 7.69. The Kier molecular flexibility index (Phi) is 9.09. The predicted molar refractivity (Wildman–Crippen MR) is 178 cm³/mol. The lowest BCUT2D eigenvalue weighted by Gasteiger charge is -2.70. The SMILES string of the molecule is CCN1CC2(COC)C(OC(C)=O)CC(OC)C34[C@@H]5C[C@]6(OC(C)=O)C(OC(=O)c7ccccc7)[C@@H]5[C@](OC(C)=O)(C[C@@H]6OC)C(C(OC)[C@H]23)[C@@H]14. The van der Waals surface area contributed by atoms with Crippen molar-refractivity contribution in [2.45, 2.75) is 94.7 Å². The first kappa shape index (κ1) is 36.3. The average Bonchev–Trinajstić information content (AvgIpc) is 3.47. The van der Waals surface area contributed by atoms with Crippen LogP contribution in [0.3, 0.4) is 0 Å². The number of piperidine rings is 1. The van der Waals surface area contributed by atoms with Crippen molar-refractivity contribution in [2.75, 3.05) is 48.1 Å². The van der Waals surface area contributed by atoms with Gasteiger partial charge in [-0.2, -0.15) is 0 Å². The maximum Gasteiger partial charge on any atom is 0.338 e. The van der Waals surface area contributed by atoms with E-state index in [1.165, 1.54) is 20.8 Å². The highest BCUT2D eigenvalue weighted by Gasteiger charge is 2.91. The molecule has 1 saturated heterocycles. The van der Waals surface area contributed by atoms with Crippen LogP contribution in [0.5, 0.6) is 0 Å². The molecule has 0 amide bonds. The monoisotopic (exact) mass is 713 g/mol. The number of esters is 4. The maximum atomic E-state index is 14.1. The van der Waals surface area contributed by atoms with Crippen LogP contribution >= 0.6 is 0 Å². The molecule has 7 unspecified atom stereocenters. The molecule has 1 spiro atoms. The number of fused-ring (bicyclic) bond motifs is 2. The fraction of sp³-hybridized carbons (Fsp3) is 0.737. The molecule has 0 N–H and O–H groups in total. The van der Waals surface area contributed by atoms with Gasteiger partial charge in [0.1, 0.15) is 17.8 Å². The molecule has 6 fully saturated rings. The summed E-state index contributed by atoms with van der Waals surface area (Å²) in [5, 5.41) is 0. The molecule has 1 aromatic carbocycles. The number of benzene rings is 1. The number of carbonyl (C=O) groups excluding carboxylic acids is 4. The highest BCUT2D eigenvalue weighted by molar-refractivity contribution is 5.89. The summed E-state index contributed by atoms with van der Waals surface area (Å²) in [5.74, 6) is -3.84. The van der Waals surface area contributed by atoms with Gasteiger partial charge in [-0.15, -0.1) is 0 Å². The molecule has 1 aliphatic heterocycles. The molecular weight excluding hydrogens is 662 g/mol. The van der Waals surface area contributed by atoms with E-state index in [0.717, 1.165) is 0 Å². The largest absolute Gasteiger partial charge is 0.462 e. The number of likely N-dealkylation sites (tertiary alicyclic amines) is 1. The van der Waals surface area contributed by atoms with Crippen molar-refractivity contribution in [3.05, 3.63) is 35.9 Å². The van der Waals surface area contributed by atoms with Crippen molar-refractivity contribution >= 4 is 23.9 Å². The van der Waals surface area contributed by atoms with E-state index in [1.807, 2.05) is 6.07 Å². The number of nitrogens with zero attached hydrogens (tertiary/aromatic N) is 1. The summed E-state index contributed by atoms with van der Waals surface area (Å²) in [5.41, 5.74) is -3.84. The zero-order chi connectivity index (χ0) is 36.7. The second-order valence-corrected chi connectivity index (χ2v) is 15.5. The fourth-order valence-electron chi connectivity index (χ4n) is 13.0. The summed E-state index contributed by atoms with van der Waals surface area (Å²) in [6.07, 6.45) is -2.61. The third-order valence-corrected chi connectivity index (χ3v) is 13.7. The maximum absolute atomic E-state index is 14.1. The van der Waals surface area contributed by atoms with Crippen LogP contribution < -0.4 is 0 Å². The van der Waals surface area contributed by atoms with Crippen molar-refractivity contribution in [1.82, 2.24) is 4.90 Å². The lowest BCUT2D eigenvalue weighted by atomic mass is 9.42. The van der Waals surface area contributed by atoms with Crippen molar-refractivity contribution in [2.24, 2.45) is 34.5 Å². The first-order valence-electron chi connectivity index (χ1n) is 18.0. The van der Waals surface area contributed by atoms with Gasteiger partial charge in [0.05, 0.1) is 24.4 Å². The second kappa shape index (κ2) is 12.8. The standard InChI is InChI=1S/C38H51NO12/c1-9-39-18-35(19-44-5)25(48-20(2)40)15-26(45-6)38-24-16-36(50-21(3)41)27(46-7)17-37(51-22(4)42,29(32(38)39)30(47-8)31(35)38)28(24)33(36)49-34(43)23-13-11-10-12-14-23/h10-14,24-33H,9,15-19H2,1-8H3/t24-,25?,26?,27+,28-,29?,30?,31-,32-,33?,35?,36-,37-,38?/m1/s1. The number of methoxy groups -OCH3 is 4. The van der Waals surface area contributed by atoms with E-state index in [9.17, 15) is 19.2 Å². The third kappa shape index (κ3) is 4.70. The Morgan fingerprint density at radius 2 is 1.45 bits per heavy atom. The quantitative estimate of drug-likeness (QED) is 0.245. The molecule has 7 rings (SSSR count). The van der Waals surface area contributed by atoms with Crippen LogP contribution in [0, 0.1) is 34.5 Å². The van der Waals surface area contributed by atoms with E-state index in [2.05, 4.69) is 11.8 Å². The molecule has 13 heteroatoms. The van der Waals surface area contributed by atoms with Gasteiger partial charge in [-0.25, -0.2) is 4.79 Å². The van der Waals surface area contributed by atoms with Crippen molar-refractivity contribution < 1.29 is 57.1 Å². The van der Waals surface area contributed by atoms with Crippen molar-refractivity contribution in [1.29, 1.82) is 0 Å². The van der Waals surface area contributed by atoms with Gasteiger partial charge < -0.3 is 37.9 Å². The van der Waals surface area contributed by atoms with Crippen LogP contribution in [0.15, 0.2) is 30.3 Å². The van der Waals surface area contributed by atoms with Crippen LogP contribution in [0.1, 0.15) is 57.3 Å². The van der Waals surface area contributed by atoms with Gasteiger partial charge in [0, 0.05) is 103 Å². The molecule has 1 aromatic rings. The van der Waals surface area contributed by atoms with Gasteiger partial charge in [0.15, 0.2) is 11.7 Å². The Balaban J connectivity index is 1.54. The highest BCUT2D eigenvalue weighted by atomic mass is 16.6. The summed E-state index contributed by atoms with van der Waals surface area (Å²) in [7, 11) is 6.55. The summed E-state index contributed by atoms with van der Waals surface area (Å²) >= 11 is 0. The zero-order valence-corrected chi connectivity index (χ0v) is 30.7. The molecular formula is C38H51NO12. The van der Waals surface area contributed by atoms with Crippen molar-refractivity contribution in [3.8, 4) is 0 Å². The van der Waals surface area contributed by atoms with E-state index in [1.54, 1.807) is 52.7 Å². The molecule has 5 aliphatic carbocycles. The van der Waals surface area contributed by atoms with Gasteiger partial charge in [0.2, 0.25) is 0 Å².